The predicted octanol–water partition coefficient (Wildman–Crippen LogP) is 2.92. The van der Waals surface area contributed by atoms with Gasteiger partial charge in [0, 0.05) is 25.2 Å². The van der Waals surface area contributed by atoms with E-state index in [2.05, 4.69) is 10.3 Å². The fourth-order valence-corrected chi connectivity index (χ4v) is 3.03. The molecule has 1 amide bonds. The number of pyridine rings is 1. The summed E-state index contributed by atoms with van der Waals surface area (Å²) in [7, 11) is 0. The monoisotopic (exact) mass is 349 g/mol. The predicted molar refractivity (Wildman–Crippen MR) is 86.7 cm³/mol. The van der Waals surface area contributed by atoms with Crippen LogP contribution in [0.25, 0.3) is 0 Å². The third-order valence-corrected chi connectivity index (χ3v) is 4.10. The topological polar surface area (TPSA) is 45.2 Å². The quantitative estimate of drug-likeness (QED) is 0.903. The number of hydrogen-bond acceptors (Lipinski definition) is 3. The van der Waals surface area contributed by atoms with Crippen LogP contribution >= 0.6 is 0 Å². The molecule has 1 aromatic carbocycles. The van der Waals surface area contributed by atoms with Gasteiger partial charge in [-0.3, -0.25) is 15.1 Å². The van der Waals surface area contributed by atoms with Crippen LogP contribution in [0, 0.1) is 0 Å². The molecule has 3 rings (SSSR count). The van der Waals surface area contributed by atoms with Gasteiger partial charge in [-0.2, -0.15) is 13.2 Å². The van der Waals surface area contributed by atoms with Crippen molar-refractivity contribution in [3.63, 3.8) is 0 Å². The standard InChI is InChI=1S/C18H18F3N3O/c19-18(20,21)12-24-11-14(10-16(24)25)23-17(13-6-2-1-3-7-13)15-8-4-5-9-22-15/h1-9,14,17,23H,10-12H2/t14-,17-/m1/s1. The lowest BCUT2D eigenvalue weighted by Gasteiger charge is -2.23. The second kappa shape index (κ2) is 7.23. The van der Waals surface area contributed by atoms with E-state index in [9.17, 15) is 18.0 Å². The van der Waals surface area contributed by atoms with E-state index in [-0.39, 0.29) is 25.0 Å². The second-order valence-corrected chi connectivity index (χ2v) is 6.06. The molecule has 1 fully saturated rings. The van der Waals surface area contributed by atoms with Crippen LogP contribution in [0.2, 0.25) is 0 Å². The molecule has 1 aromatic heterocycles. The van der Waals surface area contributed by atoms with Gasteiger partial charge in [0.1, 0.15) is 6.54 Å². The largest absolute Gasteiger partial charge is 0.406 e. The summed E-state index contributed by atoms with van der Waals surface area (Å²) in [4.78, 5) is 17.1. The number of aromatic nitrogens is 1. The highest BCUT2D eigenvalue weighted by Crippen LogP contribution is 2.25. The second-order valence-electron chi connectivity index (χ2n) is 6.06. The van der Waals surface area contributed by atoms with Crippen LogP contribution in [0.5, 0.6) is 0 Å². The maximum atomic E-state index is 12.6. The average Bonchev–Trinajstić information content (AvgIpc) is 2.92. The van der Waals surface area contributed by atoms with Crippen molar-refractivity contribution >= 4 is 5.91 Å². The molecule has 2 atom stereocenters. The number of alkyl halides is 3. The van der Waals surface area contributed by atoms with E-state index in [1.807, 2.05) is 42.5 Å². The van der Waals surface area contributed by atoms with Crippen LogP contribution in [0.3, 0.4) is 0 Å². The van der Waals surface area contributed by atoms with Crippen LogP contribution in [0.1, 0.15) is 23.7 Å². The Labute approximate surface area is 143 Å². The molecule has 25 heavy (non-hydrogen) atoms. The molecular formula is C18H18F3N3O. The molecule has 2 heterocycles. The minimum absolute atomic E-state index is 0.0362. The van der Waals surface area contributed by atoms with Gasteiger partial charge in [-0.15, -0.1) is 0 Å². The third kappa shape index (κ3) is 4.57. The molecule has 2 aromatic rings. The fourth-order valence-electron chi connectivity index (χ4n) is 3.03. The first-order valence-corrected chi connectivity index (χ1v) is 7.99. The summed E-state index contributed by atoms with van der Waals surface area (Å²) in [5.74, 6) is -0.484. The molecule has 132 valence electrons. The third-order valence-electron chi connectivity index (χ3n) is 4.10. The van der Waals surface area contributed by atoms with Crippen molar-refractivity contribution in [2.45, 2.75) is 24.7 Å². The number of nitrogens with one attached hydrogen (secondary N) is 1. The Hall–Kier alpha value is -2.41. The number of carbonyl (C=O) groups excluding carboxylic acids is 1. The summed E-state index contributed by atoms with van der Waals surface area (Å²) < 4.78 is 37.7. The van der Waals surface area contributed by atoms with Gasteiger partial charge in [0.05, 0.1) is 11.7 Å². The maximum absolute atomic E-state index is 12.6. The smallest absolute Gasteiger partial charge is 0.332 e. The zero-order valence-electron chi connectivity index (χ0n) is 13.4. The Bertz CT molecular complexity index is 667. The molecule has 0 unspecified atom stereocenters. The molecule has 1 saturated heterocycles. The molecule has 1 aliphatic rings. The molecule has 0 aliphatic carbocycles. The molecule has 1 aliphatic heterocycles. The van der Waals surface area contributed by atoms with Crippen molar-refractivity contribution in [2.75, 3.05) is 13.1 Å². The molecule has 0 bridgehead atoms. The first kappa shape index (κ1) is 17.4. The summed E-state index contributed by atoms with van der Waals surface area (Å²) in [5.41, 5.74) is 1.71. The van der Waals surface area contributed by atoms with Crippen LogP contribution in [0.4, 0.5) is 13.2 Å². The molecular weight excluding hydrogens is 331 g/mol. The van der Waals surface area contributed by atoms with Gasteiger partial charge in [-0.1, -0.05) is 36.4 Å². The van der Waals surface area contributed by atoms with E-state index in [0.29, 0.717) is 0 Å². The summed E-state index contributed by atoms with van der Waals surface area (Å²) >= 11 is 0. The molecule has 1 N–H and O–H groups in total. The lowest BCUT2D eigenvalue weighted by molar-refractivity contribution is -0.157. The molecule has 7 heteroatoms. The van der Waals surface area contributed by atoms with E-state index in [1.54, 1.807) is 12.3 Å². The Kier molecular flexibility index (Phi) is 5.03. The Balaban J connectivity index is 1.77. The maximum Gasteiger partial charge on any atom is 0.406 e. The molecule has 0 radical (unpaired) electrons. The number of amides is 1. The SMILES string of the molecule is O=C1C[C@@H](N[C@H](c2ccccc2)c2ccccn2)CN1CC(F)(F)F. The zero-order chi connectivity index (χ0) is 17.9. The number of halogens is 3. The molecule has 4 nitrogen and oxygen atoms in total. The highest BCUT2D eigenvalue weighted by Gasteiger charge is 2.39. The number of nitrogens with zero attached hydrogens (tertiary/aromatic N) is 2. The van der Waals surface area contributed by atoms with Gasteiger partial charge in [-0.25, -0.2) is 0 Å². The van der Waals surface area contributed by atoms with Crippen molar-refractivity contribution in [3.8, 4) is 0 Å². The first-order valence-electron chi connectivity index (χ1n) is 7.99. The van der Waals surface area contributed by atoms with Crippen molar-refractivity contribution in [3.05, 3.63) is 66.0 Å². The zero-order valence-corrected chi connectivity index (χ0v) is 13.4. The highest BCUT2D eigenvalue weighted by atomic mass is 19.4. The minimum atomic E-state index is -4.38. The van der Waals surface area contributed by atoms with Crippen molar-refractivity contribution in [1.82, 2.24) is 15.2 Å². The Morgan fingerprint density at radius 1 is 1.16 bits per heavy atom. The number of benzene rings is 1. The van der Waals surface area contributed by atoms with Gasteiger partial charge >= 0.3 is 6.18 Å². The van der Waals surface area contributed by atoms with Gasteiger partial charge in [0.25, 0.3) is 0 Å². The number of hydrogen-bond donors (Lipinski definition) is 1. The lowest BCUT2D eigenvalue weighted by Crippen LogP contribution is -2.39. The van der Waals surface area contributed by atoms with Crippen molar-refractivity contribution < 1.29 is 18.0 Å². The fraction of sp³-hybridized carbons (Fsp3) is 0.333. The Morgan fingerprint density at radius 2 is 1.88 bits per heavy atom. The van der Waals surface area contributed by atoms with E-state index in [4.69, 9.17) is 0 Å². The van der Waals surface area contributed by atoms with Crippen molar-refractivity contribution in [2.24, 2.45) is 0 Å². The van der Waals surface area contributed by atoms with E-state index in [0.717, 1.165) is 16.2 Å². The number of rotatable bonds is 5. The first-order chi connectivity index (χ1) is 11.9. The van der Waals surface area contributed by atoms with E-state index in [1.165, 1.54) is 0 Å². The molecule has 0 saturated carbocycles. The molecule has 0 spiro atoms. The van der Waals surface area contributed by atoms with Gasteiger partial charge in [0.2, 0.25) is 5.91 Å². The van der Waals surface area contributed by atoms with Crippen LogP contribution < -0.4 is 5.32 Å². The van der Waals surface area contributed by atoms with Crippen LogP contribution in [0.15, 0.2) is 54.7 Å². The summed E-state index contributed by atoms with van der Waals surface area (Å²) in [6, 6.07) is 14.4. The summed E-state index contributed by atoms with van der Waals surface area (Å²) in [5, 5.41) is 3.30. The van der Waals surface area contributed by atoms with Gasteiger partial charge < -0.3 is 4.90 Å². The van der Waals surface area contributed by atoms with E-state index < -0.39 is 18.6 Å². The Morgan fingerprint density at radius 3 is 2.52 bits per heavy atom. The van der Waals surface area contributed by atoms with Crippen LogP contribution in [-0.2, 0) is 4.79 Å². The van der Waals surface area contributed by atoms with E-state index >= 15 is 0 Å². The minimum Gasteiger partial charge on any atom is -0.332 e. The lowest BCUT2D eigenvalue weighted by atomic mass is 10.0. The van der Waals surface area contributed by atoms with Crippen LogP contribution in [-0.4, -0.2) is 41.1 Å². The van der Waals surface area contributed by atoms with Gasteiger partial charge in [0.15, 0.2) is 0 Å². The van der Waals surface area contributed by atoms with Gasteiger partial charge in [-0.05, 0) is 17.7 Å². The highest BCUT2D eigenvalue weighted by molar-refractivity contribution is 5.79. The summed E-state index contributed by atoms with van der Waals surface area (Å²) in [6.07, 6.45) is -2.67. The average molecular weight is 349 g/mol. The van der Waals surface area contributed by atoms with Crippen molar-refractivity contribution in [1.29, 1.82) is 0 Å². The normalized spacial score (nSPS) is 19.2. The number of likely N-dealkylation sites (tertiary alicyclic amines) is 1. The number of carbonyl (C=O) groups is 1. The summed E-state index contributed by atoms with van der Waals surface area (Å²) in [6.45, 7) is -1.17.